The summed E-state index contributed by atoms with van der Waals surface area (Å²) in [6, 6.07) is 0. The monoisotopic (exact) mass is 1470 g/mol. The summed E-state index contributed by atoms with van der Waals surface area (Å²) in [4.78, 5) is 73.1. The van der Waals surface area contributed by atoms with Crippen molar-refractivity contribution in [2.75, 3.05) is 39.6 Å². The van der Waals surface area contributed by atoms with E-state index in [1.54, 1.807) is 0 Å². The molecule has 100 heavy (non-hydrogen) atoms. The van der Waals surface area contributed by atoms with E-state index in [2.05, 4.69) is 48.5 Å². The molecule has 0 radical (unpaired) electrons. The van der Waals surface area contributed by atoms with Gasteiger partial charge in [-0.1, -0.05) is 370 Å². The van der Waals surface area contributed by atoms with E-state index in [0.29, 0.717) is 25.7 Å². The molecule has 3 N–H and O–H groups in total. The zero-order chi connectivity index (χ0) is 73.7. The molecule has 0 aliphatic rings. The molecule has 0 saturated carbocycles. The quantitative estimate of drug-likeness (QED) is 0.0222. The Morgan fingerprint density at radius 2 is 0.510 bits per heavy atom. The summed E-state index contributed by atoms with van der Waals surface area (Å²) in [5, 5.41) is 10.6. The molecule has 594 valence electrons. The van der Waals surface area contributed by atoms with Crippen LogP contribution in [-0.4, -0.2) is 96.7 Å². The summed E-state index contributed by atoms with van der Waals surface area (Å²) in [6.45, 7) is 12.0. The summed E-state index contributed by atoms with van der Waals surface area (Å²) < 4.78 is 68.8. The number of phosphoric acid groups is 2. The molecular weight excluding hydrogens is 1310 g/mol. The molecule has 0 aromatic carbocycles. The average molecular weight is 1470 g/mol. The van der Waals surface area contributed by atoms with Crippen LogP contribution in [0.2, 0.25) is 0 Å². The first-order valence-corrected chi connectivity index (χ1v) is 44.9. The number of aliphatic hydroxyl groups excluding tert-OH is 1. The Balaban J connectivity index is 5.27. The van der Waals surface area contributed by atoms with Gasteiger partial charge in [0.2, 0.25) is 0 Å². The maximum Gasteiger partial charge on any atom is 0.472 e. The maximum absolute atomic E-state index is 13.1. The lowest BCUT2D eigenvalue weighted by molar-refractivity contribution is -0.161. The second kappa shape index (κ2) is 71.3. The Bertz CT molecular complexity index is 1940. The number of carbonyl (C=O) groups excluding carboxylic acids is 4. The van der Waals surface area contributed by atoms with Crippen LogP contribution >= 0.6 is 15.6 Å². The van der Waals surface area contributed by atoms with Crippen LogP contribution in [0.5, 0.6) is 0 Å². The van der Waals surface area contributed by atoms with Crippen molar-refractivity contribution in [1.82, 2.24) is 0 Å². The van der Waals surface area contributed by atoms with Gasteiger partial charge in [0, 0.05) is 25.7 Å². The second-order valence-electron chi connectivity index (χ2n) is 30.4. The molecule has 0 amide bonds. The predicted octanol–water partition coefficient (Wildman–Crippen LogP) is 24.1. The third kappa shape index (κ3) is 73.0. The fourth-order valence-electron chi connectivity index (χ4n) is 12.5. The van der Waals surface area contributed by atoms with Gasteiger partial charge in [-0.3, -0.25) is 37.3 Å². The van der Waals surface area contributed by atoms with Crippen molar-refractivity contribution in [3.8, 4) is 0 Å². The minimum absolute atomic E-state index is 0.106. The number of rotatable bonds is 79. The highest BCUT2D eigenvalue weighted by Crippen LogP contribution is 2.45. The van der Waals surface area contributed by atoms with Crippen LogP contribution in [0.4, 0.5) is 0 Å². The van der Waals surface area contributed by atoms with Gasteiger partial charge in [-0.2, -0.15) is 0 Å². The van der Waals surface area contributed by atoms with Crippen molar-refractivity contribution in [1.29, 1.82) is 0 Å². The number of carbonyl (C=O) groups is 4. The summed E-state index contributed by atoms with van der Waals surface area (Å²) in [5.41, 5.74) is 0. The molecule has 0 spiro atoms. The maximum atomic E-state index is 13.1. The van der Waals surface area contributed by atoms with Gasteiger partial charge >= 0.3 is 39.5 Å². The summed E-state index contributed by atoms with van der Waals surface area (Å²) in [7, 11) is -9.92. The second-order valence-corrected chi connectivity index (χ2v) is 33.3. The molecule has 0 rings (SSSR count). The highest BCUT2D eigenvalue weighted by Gasteiger charge is 2.30. The van der Waals surface area contributed by atoms with Gasteiger partial charge < -0.3 is 33.8 Å². The number of ether oxygens (including phenoxy) is 4. The molecular formula is C81H158O17P2. The van der Waals surface area contributed by atoms with Crippen LogP contribution in [0.15, 0.2) is 0 Å². The van der Waals surface area contributed by atoms with Gasteiger partial charge in [0.15, 0.2) is 12.2 Å². The van der Waals surface area contributed by atoms with Gasteiger partial charge in [-0.05, 0) is 43.4 Å². The average Bonchev–Trinajstić information content (AvgIpc) is 0.959. The molecule has 0 fully saturated rings. The third-order valence-corrected chi connectivity index (χ3v) is 21.1. The van der Waals surface area contributed by atoms with E-state index < -0.39 is 97.5 Å². The van der Waals surface area contributed by atoms with Gasteiger partial charge in [0.25, 0.3) is 0 Å². The minimum Gasteiger partial charge on any atom is -0.462 e. The highest BCUT2D eigenvalue weighted by atomic mass is 31.2. The van der Waals surface area contributed by atoms with Crippen molar-refractivity contribution >= 4 is 39.5 Å². The van der Waals surface area contributed by atoms with Crippen molar-refractivity contribution in [3.63, 3.8) is 0 Å². The molecule has 0 saturated heterocycles. The smallest absolute Gasteiger partial charge is 0.462 e. The van der Waals surface area contributed by atoms with Gasteiger partial charge in [-0.25, -0.2) is 9.13 Å². The molecule has 0 aromatic rings. The molecule has 6 atom stereocenters. The van der Waals surface area contributed by atoms with Crippen LogP contribution in [0.25, 0.3) is 0 Å². The van der Waals surface area contributed by atoms with Crippen molar-refractivity contribution in [2.24, 2.45) is 17.8 Å². The number of hydrogen-bond acceptors (Lipinski definition) is 15. The molecule has 0 aliphatic carbocycles. The first-order valence-electron chi connectivity index (χ1n) is 41.9. The van der Waals surface area contributed by atoms with E-state index in [0.717, 1.165) is 108 Å². The molecule has 0 aliphatic heterocycles. The van der Waals surface area contributed by atoms with Crippen molar-refractivity contribution in [2.45, 2.75) is 439 Å². The molecule has 17 nitrogen and oxygen atoms in total. The largest absolute Gasteiger partial charge is 0.472 e. The third-order valence-electron chi connectivity index (χ3n) is 19.2. The number of phosphoric ester groups is 2. The lowest BCUT2D eigenvalue weighted by Crippen LogP contribution is -2.30. The van der Waals surface area contributed by atoms with Gasteiger partial charge in [0.1, 0.15) is 19.3 Å². The van der Waals surface area contributed by atoms with Crippen molar-refractivity contribution < 1.29 is 80.2 Å². The van der Waals surface area contributed by atoms with E-state index in [1.165, 1.54) is 231 Å². The van der Waals surface area contributed by atoms with Crippen molar-refractivity contribution in [3.05, 3.63) is 0 Å². The molecule has 3 unspecified atom stereocenters. The zero-order valence-corrected chi connectivity index (χ0v) is 67.5. The number of esters is 4. The number of unbranched alkanes of at least 4 members (excludes halogenated alkanes) is 46. The van der Waals surface area contributed by atoms with Gasteiger partial charge in [0.05, 0.1) is 26.4 Å². The topological polar surface area (TPSA) is 237 Å². The summed E-state index contributed by atoms with van der Waals surface area (Å²) >= 11 is 0. The SMILES string of the molecule is CCCCCCCCCCCCCCCCCCCCC(=O)O[C@H](COC(=O)CCCCCCCCCCCCCCC(C)C)COP(=O)(O)OC[C@@H](O)COP(=O)(O)OC[C@@H](COC(=O)CCCCCCCCCCCCC(C)C)OC(=O)CCCCCCCCCCCCC(C)CC. The Hall–Kier alpha value is -1.94. The predicted molar refractivity (Wildman–Crippen MR) is 409 cm³/mol. The highest BCUT2D eigenvalue weighted by molar-refractivity contribution is 7.47. The van der Waals surface area contributed by atoms with Crippen LogP contribution < -0.4 is 0 Å². The van der Waals surface area contributed by atoms with Crippen LogP contribution in [-0.2, 0) is 65.4 Å². The van der Waals surface area contributed by atoms with E-state index in [1.807, 2.05) is 0 Å². The molecule has 19 heteroatoms. The Kier molecular flexibility index (Phi) is 69.9. The van der Waals surface area contributed by atoms with Crippen LogP contribution in [0.3, 0.4) is 0 Å². The van der Waals surface area contributed by atoms with E-state index in [-0.39, 0.29) is 25.7 Å². The summed E-state index contributed by atoms with van der Waals surface area (Å²) in [6.07, 6.45) is 59.5. The van der Waals surface area contributed by atoms with E-state index in [9.17, 15) is 43.2 Å². The zero-order valence-electron chi connectivity index (χ0n) is 65.7. The minimum atomic E-state index is -4.96. The first kappa shape index (κ1) is 98.1. The van der Waals surface area contributed by atoms with E-state index >= 15 is 0 Å². The Morgan fingerprint density at radius 3 is 0.760 bits per heavy atom. The van der Waals surface area contributed by atoms with E-state index in [4.69, 9.17) is 37.0 Å². The standard InChI is InChI=1S/C81H158O17P2/c1-8-10-11-12-13-14-15-16-17-18-19-20-21-26-36-43-50-57-64-80(85)97-76(68-91-78(83)62-55-48-41-34-25-23-22-24-31-38-45-52-59-72(3)4)70-95-99(87,88)93-66-75(82)67-94-100(89,90)96-71-77(69-92-79(84)63-56-49-42-35-29-27-32-39-46-53-60-73(5)6)98-81(86)65-58-51-44-37-30-28-33-40-47-54-61-74(7)9-2/h72-77,82H,8-71H2,1-7H3,(H,87,88)(H,89,90)/t74?,75-,76-,77-/m1/s1. The molecule has 0 heterocycles. The first-order chi connectivity index (χ1) is 48.3. The molecule has 0 aromatic heterocycles. The lowest BCUT2D eigenvalue weighted by Gasteiger charge is -2.21. The fraction of sp³-hybridized carbons (Fsp3) is 0.951. The van der Waals surface area contributed by atoms with Crippen LogP contribution in [0, 0.1) is 17.8 Å². The Labute approximate surface area is 613 Å². The van der Waals surface area contributed by atoms with Gasteiger partial charge in [-0.15, -0.1) is 0 Å². The summed E-state index contributed by atoms with van der Waals surface area (Å²) in [5.74, 6) is 0.233. The fourth-order valence-corrected chi connectivity index (χ4v) is 14.0. The Morgan fingerprint density at radius 1 is 0.290 bits per heavy atom. The van der Waals surface area contributed by atoms with Crippen LogP contribution in [0.1, 0.15) is 421 Å². The number of aliphatic hydroxyl groups is 1. The number of hydrogen-bond donors (Lipinski definition) is 3. The lowest BCUT2D eigenvalue weighted by atomic mass is 9.99. The molecule has 0 bridgehead atoms. The normalized spacial score (nSPS) is 14.2.